The maximum Gasteiger partial charge on any atom is 0.0529 e. The molecule has 0 aliphatic carbocycles. The number of nitrogens with zero attached hydrogens (tertiary/aromatic N) is 1. The Morgan fingerprint density at radius 2 is 2.33 bits per heavy atom. The molecule has 0 aromatic carbocycles. The Morgan fingerprint density at radius 3 is 2.56 bits per heavy atom. The van der Waals surface area contributed by atoms with Crippen LogP contribution >= 0.6 is 11.8 Å². The number of thioether (sulfide) groups is 1. The van der Waals surface area contributed by atoms with Crippen LogP contribution < -0.4 is 0 Å². The Hall–Kier alpha value is 0.310. The molecule has 1 nitrogen and oxygen atoms in total. The third-order valence-corrected chi connectivity index (χ3v) is 3.54. The van der Waals surface area contributed by atoms with Crippen molar-refractivity contribution in [2.24, 2.45) is 0 Å². The van der Waals surface area contributed by atoms with Gasteiger partial charge in [0.15, 0.2) is 0 Å². The minimum atomic E-state index is 0.745. The van der Waals surface area contributed by atoms with Gasteiger partial charge in [-0.25, -0.2) is 0 Å². The van der Waals surface area contributed by atoms with Crippen LogP contribution in [0.5, 0.6) is 0 Å². The largest absolute Gasteiger partial charge is 0.291 e. The van der Waals surface area contributed by atoms with Crippen molar-refractivity contribution in [1.29, 1.82) is 0 Å². The first kappa shape index (κ1) is 7.42. The first-order valence-corrected chi connectivity index (χ1v) is 4.64. The second-order valence-electron chi connectivity index (χ2n) is 2.66. The average Bonchev–Trinajstić information content (AvgIpc) is 2.15. The summed E-state index contributed by atoms with van der Waals surface area (Å²) in [6, 6.07) is 0.838. The molecule has 2 unspecified atom stereocenters. The molecule has 0 bridgehead atoms. The standard InChI is InChI=1S/C7H15NS/c1-4-7-5-9-6(2)8(7)3/h6-7H,4-5H2,1-3H3. The van der Waals surface area contributed by atoms with Crippen molar-refractivity contribution in [3.8, 4) is 0 Å². The van der Waals surface area contributed by atoms with Gasteiger partial charge < -0.3 is 0 Å². The van der Waals surface area contributed by atoms with Crippen LogP contribution in [0, 0.1) is 0 Å². The molecular weight excluding hydrogens is 130 g/mol. The van der Waals surface area contributed by atoms with Crippen LogP contribution in [0.3, 0.4) is 0 Å². The van der Waals surface area contributed by atoms with Gasteiger partial charge in [-0.05, 0) is 20.4 Å². The summed E-state index contributed by atoms with van der Waals surface area (Å²) >= 11 is 2.06. The molecule has 0 aromatic heterocycles. The summed E-state index contributed by atoms with van der Waals surface area (Å²) in [4.78, 5) is 2.46. The van der Waals surface area contributed by atoms with Gasteiger partial charge in [-0.2, -0.15) is 0 Å². The smallest absolute Gasteiger partial charge is 0.0529 e. The SMILES string of the molecule is CCC1CSC(C)N1C. The van der Waals surface area contributed by atoms with E-state index in [9.17, 15) is 0 Å². The van der Waals surface area contributed by atoms with Gasteiger partial charge in [-0.15, -0.1) is 11.8 Å². The van der Waals surface area contributed by atoms with E-state index in [-0.39, 0.29) is 0 Å². The van der Waals surface area contributed by atoms with Crippen LogP contribution in [-0.2, 0) is 0 Å². The fourth-order valence-electron chi connectivity index (χ4n) is 1.19. The molecule has 2 atom stereocenters. The van der Waals surface area contributed by atoms with Gasteiger partial charge in [-0.1, -0.05) is 6.92 Å². The van der Waals surface area contributed by atoms with Gasteiger partial charge in [0.05, 0.1) is 5.37 Å². The normalized spacial score (nSPS) is 37.7. The third kappa shape index (κ3) is 1.41. The summed E-state index contributed by atoms with van der Waals surface area (Å²) in [7, 11) is 2.22. The quantitative estimate of drug-likeness (QED) is 0.553. The number of rotatable bonds is 1. The summed E-state index contributed by atoms with van der Waals surface area (Å²) in [6.45, 7) is 4.54. The molecule has 0 spiro atoms. The van der Waals surface area contributed by atoms with Crippen LogP contribution in [0.1, 0.15) is 20.3 Å². The van der Waals surface area contributed by atoms with Crippen LogP contribution in [0.4, 0.5) is 0 Å². The molecule has 0 amide bonds. The Kier molecular flexibility index (Phi) is 2.42. The molecule has 1 aliphatic heterocycles. The Labute approximate surface area is 61.8 Å². The zero-order chi connectivity index (χ0) is 6.85. The van der Waals surface area contributed by atoms with Gasteiger partial charge in [0, 0.05) is 11.8 Å². The van der Waals surface area contributed by atoms with Crippen molar-refractivity contribution < 1.29 is 0 Å². The first-order chi connectivity index (χ1) is 4.25. The van der Waals surface area contributed by atoms with E-state index in [1.165, 1.54) is 12.2 Å². The van der Waals surface area contributed by atoms with E-state index in [0.29, 0.717) is 0 Å². The second-order valence-corrected chi connectivity index (χ2v) is 4.01. The van der Waals surface area contributed by atoms with Crippen LogP contribution in [0.2, 0.25) is 0 Å². The monoisotopic (exact) mass is 145 g/mol. The zero-order valence-electron chi connectivity index (χ0n) is 6.42. The highest BCUT2D eigenvalue weighted by atomic mass is 32.2. The second kappa shape index (κ2) is 2.93. The molecule has 1 fully saturated rings. The molecule has 9 heavy (non-hydrogen) atoms. The molecule has 0 N–H and O–H groups in total. The van der Waals surface area contributed by atoms with Crippen molar-refractivity contribution in [1.82, 2.24) is 4.90 Å². The Bertz CT molecular complexity index is 94.9. The fraction of sp³-hybridized carbons (Fsp3) is 1.00. The van der Waals surface area contributed by atoms with E-state index in [1.807, 2.05) is 0 Å². The summed E-state index contributed by atoms with van der Waals surface area (Å²) in [6.07, 6.45) is 1.30. The Balaban J connectivity index is 2.41. The van der Waals surface area contributed by atoms with Crippen molar-refractivity contribution >= 4 is 11.8 Å². The fourth-order valence-corrected chi connectivity index (χ4v) is 2.57. The predicted octanol–water partition coefficient (Wildman–Crippen LogP) is 1.79. The minimum Gasteiger partial charge on any atom is -0.291 e. The summed E-state index contributed by atoms with van der Waals surface area (Å²) in [5, 5.41) is 0.745. The molecule has 1 saturated heterocycles. The average molecular weight is 145 g/mol. The highest BCUT2D eigenvalue weighted by Crippen LogP contribution is 2.27. The van der Waals surface area contributed by atoms with E-state index in [0.717, 1.165) is 11.4 Å². The maximum atomic E-state index is 2.46. The highest BCUT2D eigenvalue weighted by Gasteiger charge is 2.25. The van der Waals surface area contributed by atoms with E-state index in [2.05, 4.69) is 37.6 Å². The lowest BCUT2D eigenvalue weighted by Gasteiger charge is -2.20. The number of hydrogen-bond donors (Lipinski definition) is 0. The molecule has 0 radical (unpaired) electrons. The first-order valence-electron chi connectivity index (χ1n) is 3.59. The van der Waals surface area contributed by atoms with E-state index >= 15 is 0 Å². The lowest BCUT2D eigenvalue weighted by Crippen LogP contribution is -2.30. The van der Waals surface area contributed by atoms with Crippen molar-refractivity contribution in [2.45, 2.75) is 31.7 Å². The number of hydrogen-bond acceptors (Lipinski definition) is 2. The molecule has 0 aromatic rings. The molecule has 54 valence electrons. The van der Waals surface area contributed by atoms with Gasteiger partial charge >= 0.3 is 0 Å². The van der Waals surface area contributed by atoms with E-state index in [1.54, 1.807) is 0 Å². The minimum absolute atomic E-state index is 0.745. The lowest BCUT2D eigenvalue weighted by molar-refractivity contribution is 0.268. The van der Waals surface area contributed by atoms with Gasteiger partial charge in [0.2, 0.25) is 0 Å². The van der Waals surface area contributed by atoms with Crippen LogP contribution in [0.15, 0.2) is 0 Å². The molecule has 1 aliphatic rings. The molecule has 1 rings (SSSR count). The Morgan fingerprint density at radius 1 is 1.67 bits per heavy atom. The maximum absolute atomic E-state index is 2.46. The topological polar surface area (TPSA) is 3.24 Å². The molecular formula is C7H15NS. The van der Waals surface area contributed by atoms with Crippen LogP contribution in [-0.4, -0.2) is 29.1 Å². The summed E-state index contributed by atoms with van der Waals surface area (Å²) in [5.74, 6) is 1.33. The molecule has 1 heterocycles. The third-order valence-electron chi connectivity index (χ3n) is 2.15. The van der Waals surface area contributed by atoms with Gasteiger partial charge in [0.25, 0.3) is 0 Å². The van der Waals surface area contributed by atoms with Crippen molar-refractivity contribution in [3.63, 3.8) is 0 Å². The van der Waals surface area contributed by atoms with Crippen molar-refractivity contribution in [2.75, 3.05) is 12.8 Å². The van der Waals surface area contributed by atoms with Gasteiger partial charge in [0.1, 0.15) is 0 Å². The van der Waals surface area contributed by atoms with Gasteiger partial charge in [-0.3, -0.25) is 4.90 Å². The lowest BCUT2D eigenvalue weighted by atomic mass is 10.2. The van der Waals surface area contributed by atoms with Crippen LogP contribution in [0.25, 0.3) is 0 Å². The molecule has 0 saturated carbocycles. The van der Waals surface area contributed by atoms with E-state index in [4.69, 9.17) is 0 Å². The molecule has 2 heteroatoms. The summed E-state index contributed by atoms with van der Waals surface area (Å²) in [5.41, 5.74) is 0. The highest BCUT2D eigenvalue weighted by molar-refractivity contribution is 8.00. The zero-order valence-corrected chi connectivity index (χ0v) is 7.24. The predicted molar refractivity (Wildman–Crippen MR) is 43.8 cm³/mol. The summed E-state index contributed by atoms with van der Waals surface area (Å²) < 4.78 is 0. The van der Waals surface area contributed by atoms with E-state index < -0.39 is 0 Å². The van der Waals surface area contributed by atoms with Crippen molar-refractivity contribution in [3.05, 3.63) is 0 Å².